The molecule has 0 atom stereocenters. The molecule has 1 saturated heterocycles. The van der Waals surface area contributed by atoms with Crippen LogP contribution in [-0.2, 0) is 6.42 Å². The van der Waals surface area contributed by atoms with Gasteiger partial charge in [0.2, 0.25) is 0 Å². The number of nitrogens with one attached hydrogen (secondary N) is 1. The number of aromatic nitrogens is 1. The summed E-state index contributed by atoms with van der Waals surface area (Å²) in [5.74, 6) is -0.204. The van der Waals surface area contributed by atoms with E-state index < -0.39 is 0 Å². The molecule has 3 rings (SSSR count). The van der Waals surface area contributed by atoms with E-state index in [4.69, 9.17) is 0 Å². The third-order valence-electron chi connectivity index (χ3n) is 4.03. The summed E-state index contributed by atoms with van der Waals surface area (Å²) in [6.45, 7) is 2.39. The lowest BCUT2D eigenvalue weighted by atomic mass is 10.1. The molecular formula is C18H20FN3O. The van der Waals surface area contributed by atoms with Gasteiger partial charge in [0, 0.05) is 19.6 Å². The minimum absolute atomic E-state index is 0.0142. The Bertz CT molecular complexity index is 649. The van der Waals surface area contributed by atoms with Crippen molar-refractivity contribution in [3.05, 3.63) is 59.7 Å². The Labute approximate surface area is 135 Å². The Morgan fingerprint density at radius 2 is 1.87 bits per heavy atom. The van der Waals surface area contributed by atoms with E-state index in [0.717, 1.165) is 50.1 Å². The second-order valence-electron chi connectivity index (χ2n) is 5.73. The quantitative estimate of drug-likeness (QED) is 0.922. The fraction of sp³-hybridized carbons (Fsp3) is 0.333. The van der Waals surface area contributed by atoms with Crippen LogP contribution in [0.1, 0.15) is 28.9 Å². The molecule has 1 fully saturated rings. The van der Waals surface area contributed by atoms with Crippen molar-refractivity contribution in [1.29, 1.82) is 0 Å². The van der Waals surface area contributed by atoms with Crippen molar-refractivity contribution in [2.75, 3.05) is 25.0 Å². The number of benzene rings is 1. The van der Waals surface area contributed by atoms with Gasteiger partial charge < -0.3 is 10.2 Å². The van der Waals surface area contributed by atoms with Gasteiger partial charge in [-0.15, -0.1) is 0 Å². The van der Waals surface area contributed by atoms with Gasteiger partial charge in [-0.3, -0.25) is 4.79 Å². The van der Waals surface area contributed by atoms with Crippen LogP contribution in [0.4, 0.5) is 10.1 Å². The predicted molar refractivity (Wildman–Crippen MR) is 88.0 cm³/mol. The summed E-state index contributed by atoms with van der Waals surface area (Å²) < 4.78 is 12.8. The number of anilines is 1. The van der Waals surface area contributed by atoms with E-state index in [1.165, 1.54) is 12.1 Å². The van der Waals surface area contributed by atoms with E-state index in [2.05, 4.69) is 10.3 Å². The van der Waals surface area contributed by atoms with Gasteiger partial charge in [-0.05, 0) is 49.1 Å². The number of nitrogens with zero attached hydrogens (tertiary/aromatic N) is 2. The molecule has 1 aliphatic heterocycles. The molecular weight excluding hydrogens is 293 g/mol. The Hall–Kier alpha value is -2.43. The van der Waals surface area contributed by atoms with E-state index in [1.54, 1.807) is 24.4 Å². The van der Waals surface area contributed by atoms with Crippen LogP contribution in [0, 0.1) is 5.82 Å². The van der Waals surface area contributed by atoms with Gasteiger partial charge in [0.05, 0.1) is 11.9 Å². The smallest absolute Gasteiger partial charge is 0.272 e. The summed E-state index contributed by atoms with van der Waals surface area (Å²) in [7, 11) is 0. The molecule has 1 aromatic heterocycles. The molecule has 1 aromatic carbocycles. The van der Waals surface area contributed by atoms with Crippen molar-refractivity contribution in [3.63, 3.8) is 0 Å². The molecule has 0 radical (unpaired) electrons. The zero-order valence-electron chi connectivity index (χ0n) is 13.0. The minimum atomic E-state index is -0.218. The second-order valence-corrected chi connectivity index (χ2v) is 5.73. The summed E-state index contributed by atoms with van der Waals surface area (Å²) >= 11 is 0. The number of likely N-dealkylation sites (tertiary alicyclic amines) is 1. The van der Waals surface area contributed by atoms with Gasteiger partial charge in [0.1, 0.15) is 11.5 Å². The average Bonchev–Trinajstić information content (AvgIpc) is 3.11. The average molecular weight is 313 g/mol. The number of amides is 1. The van der Waals surface area contributed by atoms with Crippen LogP contribution in [0.5, 0.6) is 0 Å². The highest BCUT2D eigenvalue weighted by Gasteiger charge is 2.20. The Kier molecular flexibility index (Phi) is 4.86. The first-order chi connectivity index (χ1) is 11.2. The van der Waals surface area contributed by atoms with Crippen LogP contribution in [0.15, 0.2) is 42.6 Å². The topological polar surface area (TPSA) is 45.2 Å². The Morgan fingerprint density at radius 1 is 1.13 bits per heavy atom. The minimum Gasteiger partial charge on any atom is -0.383 e. The highest BCUT2D eigenvalue weighted by molar-refractivity contribution is 5.92. The number of carbonyl (C=O) groups is 1. The number of rotatable bonds is 5. The monoisotopic (exact) mass is 313 g/mol. The first kappa shape index (κ1) is 15.5. The van der Waals surface area contributed by atoms with Crippen LogP contribution >= 0.6 is 0 Å². The predicted octanol–water partition coefficient (Wildman–Crippen LogP) is 3.11. The van der Waals surface area contributed by atoms with Crippen molar-refractivity contribution in [1.82, 2.24) is 9.88 Å². The van der Waals surface area contributed by atoms with Gasteiger partial charge >= 0.3 is 0 Å². The molecule has 2 aromatic rings. The molecule has 120 valence electrons. The van der Waals surface area contributed by atoms with E-state index >= 15 is 0 Å². The fourth-order valence-electron chi connectivity index (χ4n) is 2.71. The summed E-state index contributed by atoms with van der Waals surface area (Å²) in [6, 6.07) is 10.1. The van der Waals surface area contributed by atoms with Crippen LogP contribution in [-0.4, -0.2) is 35.4 Å². The summed E-state index contributed by atoms with van der Waals surface area (Å²) in [5, 5.41) is 3.26. The summed E-state index contributed by atoms with van der Waals surface area (Å²) in [6.07, 6.45) is 4.65. The SMILES string of the molecule is O=C(c1ccc(NCCc2ccc(F)cc2)cn1)N1CCCC1. The molecule has 1 N–H and O–H groups in total. The largest absolute Gasteiger partial charge is 0.383 e. The summed E-state index contributed by atoms with van der Waals surface area (Å²) in [4.78, 5) is 18.3. The molecule has 5 heteroatoms. The molecule has 2 heterocycles. The number of halogens is 1. The van der Waals surface area contributed by atoms with Crippen molar-refractivity contribution in [2.24, 2.45) is 0 Å². The summed E-state index contributed by atoms with van der Waals surface area (Å²) in [5.41, 5.74) is 2.45. The molecule has 0 unspecified atom stereocenters. The maximum atomic E-state index is 12.8. The zero-order valence-corrected chi connectivity index (χ0v) is 13.0. The molecule has 1 amide bonds. The first-order valence-electron chi connectivity index (χ1n) is 7.96. The molecule has 1 aliphatic rings. The van der Waals surface area contributed by atoms with Crippen LogP contribution in [0.25, 0.3) is 0 Å². The lowest BCUT2D eigenvalue weighted by Gasteiger charge is -2.14. The van der Waals surface area contributed by atoms with Gasteiger partial charge in [-0.1, -0.05) is 12.1 Å². The lowest BCUT2D eigenvalue weighted by molar-refractivity contribution is 0.0787. The Morgan fingerprint density at radius 3 is 2.52 bits per heavy atom. The highest BCUT2D eigenvalue weighted by atomic mass is 19.1. The number of hydrogen-bond acceptors (Lipinski definition) is 3. The van der Waals surface area contributed by atoms with E-state index in [0.29, 0.717) is 5.69 Å². The third kappa shape index (κ3) is 4.06. The molecule has 4 nitrogen and oxygen atoms in total. The second kappa shape index (κ2) is 7.22. The van der Waals surface area contributed by atoms with Crippen LogP contribution in [0.2, 0.25) is 0 Å². The maximum Gasteiger partial charge on any atom is 0.272 e. The van der Waals surface area contributed by atoms with E-state index in [1.807, 2.05) is 11.0 Å². The van der Waals surface area contributed by atoms with E-state index in [9.17, 15) is 9.18 Å². The number of hydrogen-bond donors (Lipinski definition) is 1. The van der Waals surface area contributed by atoms with Crippen molar-refractivity contribution in [3.8, 4) is 0 Å². The number of carbonyl (C=O) groups excluding carboxylic acids is 1. The van der Waals surface area contributed by atoms with Crippen LogP contribution in [0.3, 0.4) is 0 Å². The zero-order chi connectivity index (χ0) is 16.1. The normalized spacial score (nSPS) is 14.0. The van der Waals surface area contributed by atoms with Gasteiger partial charge in [0.15, 0.2) is 0 Å². The van der Waals surface area contributed by atoms with Crippen molar-refractivity contribution < 1.29 is 9.18 Å². The fourth-order valence-corrected chi connectivity index (χ4v) is 2.71. The molecule has 0 aliphatic carbocycles. The van der Waals surface area contributed by atoms with Crippen molar-refractivity contribution in [2.45, 2.75) is 19.3 Å². The lowest BCUT2D eigenvalue weighted by Crippen LogP contribution is -2.28. The van der Waals surface area contributed by atoms with Gasteiger partial charge in [-0.2, -0.15) is 0 Å². The molecule has 0 saturated carbocycles. The Balaban J connectivity index is 1.51. The van der Waals surface area contributed by atoms with Gasteiger partial charge in [-0.25, -0.2) is 9.37 Å². The van der Waals surface area contributed by atoms with Gasteiger partial charge in [0.25, 0.3) is 5.91 Å². The standard InChI is InChI=1S/C18H20FN3O/c19-15-5-3-14(4-6-15)9-10-20-16-7-8-17(21-13-16)18(23)22-11-1-2-12-22/h3-8,13,20H,1-2,9-12H2. The molecule has 23 heavy (non-hydrogen) atoms. The maximum absolute atomic E-state index is 12.8. The van der Waals surface area contributed by atoms with Crippen molar-refractivity contribution >= 4 is 11.6 Å². The molecule has 0 spiro atoms. The highest BCUT2D eigenvalue weighted by Crippen LogP contribution is 2.13. The van der Waals surface area contributed by atoms with E-state index in [-0.39, 0.29) is 11.7 Å². The third-order valence-corrected chi connectivity index (χ3v) is 4.03. The number of pyridine rings is 1. The first-order valence-corrected chi connectivity index (χ1v) is 7.96. The van der Waals surface area contributed by atoms with Crippen LogP contribution < -0.4 is 5.32 Å². The molecule has 0 bridgehead atoms.